The number of anilines is 1. The number of unbranched alkanes of at least 4 members (excludes halogenated alkanes) is 1. The lowest BCUT2D eigenvalue weighted by Crippen LogP contribution is -2.52. The Hall–Kier alpha value is -1.88. The van der Waals surface area contributed by atoms with Gasteiger partial charge < -0.3 is 15.2 Å². The number of carbonyl (C=O) groups is 1. The topological polar surface area (TPSA) is 74.4 Å². The van der Waals surface area contributed by atoms with E-state index in [-0.39, 0.29) is 35.3 Å². The van der Waals surface area contributed by atoms with E-state index in [1.807, 2.05) is 34.6 Å². The highest BCUT2D eigenvalue weighted by Gasteiger charge is 2.48. The smallest absolute Gasteiger partial charge is 0.338 e. The molecule has 5 heteroatoms. The zero-order valence-electron chi connectivity index (χ0n) is 23.8. The van der Waals surface area contributed by atoms with E-state index in [0.717, 1.165) is 12.8 Å². The van der Waals surface area contributed by atoms with Crippen molar-refractivity contribution in [2.45, 2.75) is 104 Å². The maximum atomic E-state index is 13.0. The Labute approximate surface area is 193 Å². The molecule has 1 saturated heterocycles. The molecule has 1 fully saturated rings. The van der Waals surface area contributed by atoms with Gasteiger partial charge in [-0.15, -0.1) is 0 Å². The normalized spacial score (nSPS) is 33.6. The van der Waals surface area contributed by atoms with Crippen LogP contribution in [0.4, 0.5) is 5.69 Å². The Balaban J connectivity index is 2.01. The highest BCUT2D eigenvalue weighted by atomic mass is 16.6. The third-order valence-electron chi connectivity index (χ3n) is 5.97. The maximum Gasteiger partial charge on any atom is 0.338 e. The number of allylic oxidation sites excluding steroid dienone is 2. The van der Waals surface area contributed by atoms with E-state index in [1.54, 1.807) is 19.1 Å². The Morgan fingerprint density at radius 2 is 2.06 bits per heavy atom. The summed E-state index contributed by atoms with van der Waals surface area (Å²) in [6, 6.07) is 3.61. The van der Waals surface area contributed by atoms with Gasteiger partial charge in [0.15, 0.2) is 5.60 Å². The number of nitrogens with zero attached hydrogens (tertiary/aromatic N) is 1. The fourth-order valence-electron chi connectivity index (χ4n) is 4.38. The number of nitrogens with two attached hydrogens (primary N) is 1. The van der Waals surface area contributed by atoms with Crippen LogP contribution in [0.1, 0.15) is 109 Å². The molecular weight excluding hydrogens is 388 g/mol. The second kappa shape index (κ2) is 8.93. The number of carbonyl (C=O) groups excluding carboxylic acids is 1. The number of hydrogen-bond acceptors (Lipinski definition) is 5. The van der Waals surface area contributed by atoms with Crippen LogP contribution in [-0.2, 0) is 14.3 Å². The summed E-state index contributed by atoms with van der Waals surface area (Å²) < 4.78 is 46.3. The van der Waals surface area contributed by atoms with Gasteiger partial charge in [-0.3, -0.25) is 4.98 Å². The summed E-state index contributed by atoms with van der Waals surface area (Å²) in [6.07, 6.45) is -0.182. The number of nitrogen functional groups attached to an aromatic ring is 1. The zero-order chi connectivity index (χ0) is 26.4. The highest BCUT2D eigenvalue weighted by molar-refractivity contribution is 5.79. The van der Waals surface area contributed by atoms with E-state index in [0.29, 0.717) is 25.1 Å². The summed E-state index contributed by atoms with van der Waals surface area (Å²) in [5, 5.41) is 0. The van der Waals surface area contributed by atoms with Crippen LogP contribution in [0.25, 0.3) is 5.57 Å². The quantitative estimate of drug-likeness (QED) is 0.439. The minimum Gasteiger partial charge on any atom is -0.464 e. The molecule has 172 valence electrons. The number of hydrogen-bond donors (Lipinski definition) is 1. The van der Waals surface area contributed by atoms with Gasteiger partial charge in [0.25, 0.3) is 0 Å². The molecule has 0 radical (unpaired) electrons. The van der Waals surface area contributed by atoms with Crippen molar-refractivity contribution in [2.75, 3.05) is 12.3 Å². The van der Waals surface area contributed by atoms with Crippen molar-refractivity contribution in [3.05, 3.63) is 29.6 Å². The molecule has 2 heterocycles. The standard InChI is InChI=1S/C26H40N2O3/c1-7-8-15-30-23(29)26(6)17-19(16-25(4,5)31-26)21-10-9-20(27)22(28-21)18-11-13-24(2,3)14-12-18/h9-11,19H,7-8,12-17,27H2,1-6H3/i11D,12D2,14D. The first-order valence-corrected chi connectivity index (χ1v) is 11.3. The molecule has 3 rings (SSSR count). The van der Waals surface area contributed by atoms with Gasteiger partial charge in [-0.2, -0.15) is 0 Å². The average Bonchev–Trinajstić information content (AvgIpc) is 2.72. The van der Waals surface area contributed by atoms with Crippen molar-refractivity contribution in [3.8, 4) is 0 Å². The number of aromatic nitrogens is 1. The summed E-state index contributed by atoms with van der Waals surface area (Å²) in [4.78, 5) is 17.7. The molecule has 0 amide bonds. The van der Waals surface area contributed by atoms with Crippen LogP contribution < -0.4 is 5.73 Å². The van der Waals surface area contributed by atoms with Crippen LogP contribution in [-0.4, -0.2) is 28.8 Å². The molecule has 0 saturated carbocycles. The molecule has 31 heavy (non-hydrogen) atoms. The van der Waals surface area contributed by atoms with Gasteiger partial charge in [0, 0.05) is 15.7 Å². The maximum absolute atomic E-state index is 13.0. The lowest BCUT2D eigenvalue weighted by Gasteiger charge is -2.45. The predicted octanol–water partition coefficient (Wildman–Crippen LogP) is 6.03. The summed E-state index contributed by atoms with van der Waals surface area (Å²) in [7, 11) is 0. The van der Waals surface area contributed by atoms with Gasteiger partial charge in [0.05, 0.1) is 25.0 Å². The predicted molar refractivity (Wildman–Crippen MR) is 126 cm³/mol. The Morgan fingerprint density at radius 3 is 2.77 bits per heavy atom. The molecule has 1 aliphatic heterocycles. The summed E-state index contributed by atoms with van der Waals surface area (Å²) in [5.41, 5.74) is 5.09. The largest absolute Gasteiger partial charge is 0.464 e. The van der Waals surface area contributed by atoms with Crippen molar-refractivity contribution < 1.29 is 19.8 Å². The highest BCUT2D eigenvalue weighted by Crippen LogP contribution is 2.45. The molecular formula is C26H40N2O3. The van der Waals surface area contributed by atoms with Gasteiger partial charge in [0.1, 0.15) is 0 Å². The Kier molecular flexibility index (Phi) is 5.38. The Bertz CT molecular complexity index is 1010. The first kappa shape index (κ1) is 18.7. The molecule has 1 aliphatic carbocycles. The van der Waals surface area contributed by atoms with E-state index in [1.165, 1.54) is 0 Å². The van der Waals surface area contributed by atoms with Crippen molar-refractivity contribution in [2.24, 2.45) is 5.41 Å². The molecule has 1 aromatic heterocycles. The molecule has 0 aromatic carbocycles. The molecule has 0 spiro atoms. The van der Waals surface area contributed by atoms with Crippen molar-refractivity contribution in [1.82, 2.24) is 4.98 Å². The van der Waals surface area contributed by atoms with E-state index in [2.05, 4.69) is 0 Å². The fraction of sp³-hybridized carbons (Fsp3) is 0.692. The van der Waals surface area contributed by atoms with E-state index < -0.39 is 35.4 Å². The third kappa shape index (κ3) is 5.68. The molecule has 1 aromatic rings. The first-order chi connectivity index (χ1) is 16.0. The fourth-order valence-corrected chi connectivity index (χ4v) is 4.38. The zero-order valence-corrected chi connectivity index (χ0v) is 19.8. The van der Waals surface area contributed by atoms with Crippen molar-refractivity contribution in [3.63, 3.8) is 0 Å². The lowest BCUT2D eigenvalue weighted by molar-refractivity contribution is -0.205. The van der Waals surface area contributed by atoms with Gasteiger partial charge in [-0.1, -0.05) is 33.2 Å². The van der Waals surface area contributed by atoms with Crippen LogP contribution in [0.5, 0.6) is 0 Å². The minimum absolute atomic E-state index is 0.0873. The third-order valence-corrected chi connectivity index (χ3v) is 5.97. The molecule has 0 bridgehead atoms. The average molecular weight is 433 g/mol. The van der Waals surface area contributed by atoms with Gasteiger partial charge in [-0.25, -0.2) is 4.79 Å². The van der Waals surface area contributed by atoms with Crippen LogP contribution >= 0.6 is 0 Å². The van der Waals surface area contributed by atoms with E-state index >= 15 is 0 Å². The van der Waals surface area contributed by atoms with Gasteiger partial charge in [-0.05, 0) is 82.3 Å². The second-order valence-electron chi connectivity index (χ2n) is 10.4. The molecule has 3 unspecified atom stereocenters. The minimum atomic E-state index is -2.08. The number of ether oxygens (including phenoxy) is 2. The van der Waals surface area contributed by atoms with Gasteiger partial charge >= 0.3 is 5.97 Å². The van der Waals surface area contributed by atoms with Crippen molar-refractivity contribution >= 4 is 17.2 Å². The number of esters is 1. The monoisotopic (exact) mass is 432 g/mol. The molecule has 2 aliphatic rings. The first-order valence-electron chi connectivity index (χ1n) is 13.4. The molecule has 2 N–H and O–H groups in total. The SMILES string of the molecule is [2H]C1=C(c2nc(C3CC(C)(C)OC(C)(C(=O)OCCCC)C3)ccc2N)C([2H])([2H])C([2H])C(C)(C)C1. The van der Waals surface area contributed by atoms with Crippen LogP contribution in [0.3, 0.4) is 0 Å². The molecule has 5 nitrogen and oxygen atoms in total. The lowest BCUT2D eigenvalue weighted by atomic mass is 9.77. The van der Waals surface area contributed by atoms with E-state index in [4.69, 9.17) is 25.7 Å². The Morgan fingerprint density at radius 1 is 1.32 bits per heavy atom. The summed E-state index contributed by atoms with van der Waals surface area (Å²) in [6.45, 7) is 11.6. The van der Waals surface area contributed by atoms with E-state index in [9.17, 15) is 4.79 Å². The second-order valence-corrected chi connectivity index (χ2v) is 10.4. The van der Waals surface area contributed by atoms with Crippen LogP contribution in [0.2, 0.25) is 0 Å². The van der Waals surface area contributed by atoms with Crippen molar-refractivity contribution in [1.29, 1.82) is 0 Å². The summed E-state index contributed by atoms with van der Waals surface area (Å²) in [5.74, 6) is -0.548. The van der Waals surface area contributed by atoms with Crippen LogP contribution in [0.15, 0.2) is 18.2 Å². The molecule has 3 atom stereocenters. The summed E-state index contributed by atoms with van der Waals surface area (Å²) >= 11 is 0. The van der Waals surface area contributed by atoms with Crippen LogP contribution in [0, 0.1) is 5.41 Å². The number of rotatable bonds is 6. The van der Waals surface area contributed by atoms with Gasteiger partial charge in [0.2, 0.25) is 0 Å². The number of pyridine rings is 1.